The van der Waals surface area contributed by atoms with Gasteiger partial charge < -0.3 is 4.74 Å². The van der Waals surface area contributed by atoms with E-state index in [0.29, 0.717) is 15.5 Å². The van der Waals surface area contributed by atoms with Crippen molar-refractivity contribution in [2.24, 2.45) is 0 Å². The van der Waals surface area contributed by atoms with E-state index in [1.807, 2.05) is 0 Å². The molecular formula is C12H8F3NO2S2. The standard InChI is InChI=1S/C12H8F3NO2S2/c1-18-11(17)8-5-19-6-9(8)20-10-3-2-7(4-16-10)12(13,14)15/h2-6H,1H3. The Kier molecular flexibility index (Phi) is 4.34. The number of aromatic nitrogens is 1. The summed E-state index contributed by atoms with van der Waals surface area (Å²) < 4.78 is 41.8. The topological polar surface area (TPSA) is 39.2 Å². The summed E-state index contributed by atoms with van der Waals surface area (Å²) in [6, 6.07) is 2.23. The number of pyridine rings is 1. The number of carbonyl (C=O) groups is 1. The Morgan fingerprint density at radius 1 is 1.35 bits per heavy atom. The van der Waals surface area contributed by atoms with E-state index in [9.17, 15) is 18.0 Å². The van der Waals surface area contributed by atoms with Crippen molar-refractivity contribution in [3.05, 3.63) is 40.2 Å². The van der Waals surface area contributed by atoms with E-state index in [0.717, 1.165) is 24.0 Å². The minimum absolute atomic E-state index is 0.376. The van der Waals surface area contributed by atoms with Crippen molar-refractivity contribution in [2.75, 3.05) is 7.11 Å². The number of esters is 1. The second-order valence-electron chi connectivity index (χ2n) is 3.63. The number of hydrogen-bond donors (Lipinski definition) is 0. The molecule has 20 heavy (non-hydrogen) atoms. The maximum Gasteiger partial charge on any atom is 0.417 e. The summed E-state index contributed by atoms with van der Waals surface area (Å²) >= 11 is 2.42. The van der Waals surface area contributed by atoms with Crippen LogP contribution >= 0.6 is 23.1 Å². The second kappa shape index (κ2) is 5.84. The average molecular weight is 319 g/mol. The van der Waals surface area contributed by atoms with E-state index in [1.165, 1.54) is 24.5 Å². The van der Waals surface area contributed by atoms with Crippen molar-refractivity contribution in [3.63, 3.8) is 0 Å². The number of hydrogen-bond acceptors (Lipinski definition) is 5. The molecule has 0 saturated heterocycles. The van der Waals surface area contributed by atoms with Gasteiger partial charge in [-0.2, -0.15) is 24.5 Å². The van der Waals surface area contributed by atoms with Crippen LogP contribution < -0.4 is 0 Å². The molecule has 2 aromatic rings. The van der Waals surface area contributed by atoms with Crippen LogP contribution in [0.2, 0.25) is 0 Å². The minimum Gasteiger partial charge on any atom is -0.465 e. The number of halogens is 3. The number of carbonyl (C=O) groups excluding carboxylic acids is 1. The molecule has 0 aliphatic carbocycles. The number of ether oxygens (including phenoxy) is 1. The second-order valence-corrected chi connectivity index (χ2v) is 5.43. The molecule has 0 unspecified atom stereocenters. The first-order valence-electron chi connectivity index (χ1n) is 5.27. The lowest BCUT2D eigenvalue weighted by Gasteiger charge is -2.06. The van der Waals surface area contributed by atoms with E-state index in [2.05, 4.69) is 9.72 Å². The predicted octanol–water partition coefficient (Wildman–Crippen LogP) is 4.10. The lowest BCUT2D eigenvalue weighted by Crippen LogP contribution is -2.05. The van der Waals surface area contributed by atoms with Crippen LogP contribution in [0.3, 0.4) is 0 Å². The van der Waals surface area contributed by atoms with Crippen LogP contribution in [0.4, 0.5) is 13.2 Å². The molecule has 2 heterocycles. The third-order valence-corrected chi connectivity index (χ3v) is 4.21. The van der Waals surface area contributed by atoms with Gasteiger partial charge >= 0.3 is 12.1 Å². The maximum atomic E-state index is 12.4. The molecule has 3 nitrogen and oxygen atoms in total. The molecule has 8 heteroatoms. The van der Waals surface area contributed by atoms with Crippen LogP contribution in [0.25, 0.3) is 0 Å². The minimum atomic E-state index is -4.41. The third kappa shape index (κ3) is 3.31. The van der Waals surface area contributed by atoms with E-state index in [4.69, 9.17) is 0 Å². The van der Waals surface area contributed by atoms with E-state index >= 15 is 0 Å². The first kappa shape index (κ1) is 14.9. The predicted molar refractivity (Wildman–Crippen MR) is 69.0 cm³/mol. The van der Waals surface area contributed by atoms with Gasteiger partial charge in [-0.3, -0.25) is 0 Å². The Hall–Kier alpha value is -1.54. The zero-order valence-electron chi connectivity index (χ0n) is 10.1. The molecular weight excluding hydrogens is 311 g/mol. The highest BCUT2D eigenvalue weighted by Crippen LogP contribution is 2.34. The first-order valence-corrected chi connectivity index (χ1v) is 7.03. The Morgan fingerprint density at radius 3 is 2.65 bits per heavy atom. The highest BCUT2D eigenvalue weighted by atomic mass is 32.2. The molecule has 0 saturated carbocycles. The molecule has 0 aliphatic heterocycles. The van der Waals surface area contributed by atoms with Crippen molar-refractivity contribution in [3.8, 4) is 0 Å². The van der Waals surface area contributed by atoms with E-state index in [1.54, 1.807) is 10.8 Å². The quantitative estimate of drug-likeness (QED) is 0.799. The summed E-state index contributed by atoms with van der Waals surface area (Å²) in [6.45, 7) is 0. The Balaban J connectivity index is 2.19. The third-order valence-electron chi connectivity index (χ3n) is 2.31. The van der Waals surface area contributed by atoms with Gasteiger partial charge in [0.05, 0.1) is 18.2 Å². The fourth-order valence-corrected chi connectivity index (χ4v) is 3.17. The largest absolute Gasteiger partial charge is 0.465 e. The molecule has 2 rings (SSSR count). The van der Waals surface area contributed by atoms with Crippen molar-refractivity contribution in [2.45, 2.75) is 16.1 Å². The highest BCUT2D eigenvalue weighted by molar-refractivity contribution is 7.99. The van der Waals surface area contributed by atoms with Gasteiger partial charge in [-0.25, -0.2) is 9.78 Å². The Bertz CT molecular complexity index is 608. The number of thiophene rings is 1. The molecule has 0 fully saturated rings. The van der Waals surface area contributed by atoms with Crippen LogP contribution in [0.1, 0.15) is 15.9 Å². The van der Waals surface area contributed by atoms with Gasteiger partial charge in [0.2, 0.25) is 0 Å². The highest BCUT2D eigenvalue weighted by Gasteiger charge is 2.30. The van der Waals surface area contributed by atoms with Crippen LogP contribution in [0.5, 0.6) is 0 Å². The lowest BCUT2D eigenvalue weighted by molar-refractivity contribution is -0.137. The normalized spacial score (nSPS) is 11.4. The fraction of sp³-hybridized carbons (Fsp3) is 0.167. The number of nitrogens with zero attached hydrogens (tertiary/aromatic N) is 1. The summed E-state index contributed by atoms with van der Waals surface area (Å²) in [5.41, 5.74) is -0.426. The average Bonchev–Trinajstić information content (AvgIpc) is 2.85. The van der Waals surface area contributed by atoms with Crippen molar-refractivity contribution >= 4 is 29.1 Å². The van der Waals surface area contributed by atoms with E-state index < -0.39 is 17.7 Å². The van der Waals surface area contributed by atoms with Gasteiger partial charge in [0.25, 0.3) is 0 Å². The molecule has 0 atom stereocenters. The molecule has 106 valence electrons. The fourth-order valence-electron chi connectivity index (χ4n) is 1.34. The number of rotatable bonds is 3. The van der Waals surface area contributed by atoms with Crippen molar-refractivity contribution in [1.29, 1.82) is 0 Å². The zero-order chi connectivity index (χ0) is 14.8. The summed E-state index contributed by atoms with van der Waals surface area (Å²) in [5.74, 6) is -0.485. The number of methoxy groups -OCH3 is 1. The smallest absolute Gasteiger partial charge is 0.417 e. The summed E-state index contributed by atoms with van der Waals surface area (Å²) in [6.07, 6.45) is -3.64. The van der Waals surface area contributed by atoms with Gasteiger partial charge in [-0.1, -0.05) is 11.8 Å². The SMILES string of the molecule is COC(=O)c1cscc1Sc1ccc(C(F)(F)F)cn1. The molecule has 0 aromatic carbocycles. The Morgan fingerprint density at radius 2 is 2.10 bits per heavy atom. The molecule has 2 aromatic heterocycles. The lowest BCUT2D eigenvalue weighted by atomic mass is 10.3. The zero-order valence-corrected chi connectivity index (χ0v) is 11.7. The summed E-state index contributed by atoms with van der Waals surface area (Å²) in [5, 5.41) is 3.72. The molecule has 0 bridgehead atoms. The van der Waals surface area contributed by atoms with Crippen molar-refractivity contribution < 1.29 is 22.7 Å². The summed E-state index contributed by atoms with van der Waals surface area (Å²) in [4.78, 5) is 15.8. The number of alkyl halides is 3. The summed E-state index contributed by atoms with van der Waals surface area (Å²) in [7, 11) is 1.27. The molecule has 0 N–H and O–H groups in total. The molecule has 0 aliphatic rings. The van der Waals surface area contributed by atoms with Crippen LogP contribution in [0.15, 0.2) is 39.0 Å². The van der Waals surface area contributed by atoms with Gasteiger partial charge in [-0.05, 0) is 12.1 Å². The Labute approximate surface area is 120 Å². The van der Waals surface area contributed by atoms with Gasteiger partial charge in [0.15, 0.2) is 0 Å². The molecule has 0 radical (unpaired) electrons. The van der Waals surface area contributed by atoms with Crippen molar-refractivity contribution in [1.82, 2.24) is 4.98 Å². The van der Waals surface area contributed by atoms with Crippen LogP contribution in [-0.4, -0.2) is 18.1 Å². The molecule has 0 spiro atoms. The maximum absolute atomic E-state index is 12.4. The van der Waals surface area contributed by atoms with E-state index in [-0.39, 0.29) is 0 Å². The van der Waals surface area contributed by atoms with Crippen LogP contribution in [0, 0.1) is 0 Å². The van der Waals surface area contributed by atoms with Gasteiger partial charge in [-0.15, -0.1) is 0 Å². The first-order chi connectivity index (χ1) is 9.41. The van der Waals surface area contributed by atoms with Gasteiger partial charge in [0.1, 0.15) is 5.03 Å². The monoisotopic (exact) mass is 319 g/mol. The van der Waals surface area contributed by atoms with Gasteiger partial charge in [0, 0.05) is 21.9 Å². The molecule has 0 amide bonds. The van der Waals surface area contributed by atoms with Crippen LogP contribution in [-0.2, 0) is 10.9 Å².